The van der Waals surface area contributed by atoms with E-state index < -0.39 is 0 Å². The molecular weight excluding hydrogens is 290 g/mol. The second-order valence-electron chi connectivity index (χ2n) is 4.21. The van der Waals surface area contributed by atoms with E-state index in [0.717, 1.165) is 11.4 Å². The van der Waals surface area contributed by atoms with Crippen LogP contribution in [-0.4, -0.2) is 43.3 Å². The molecule has 7 heteroatoms. The van der Waals surface area contributed by atoms with Gasteiger partial charge in [-0.3, -0.25) is 0 Å². The molecule has 6 nitrogen and oxygen atoms in total. The van der Waals surface area contributed by atoms with Gasteiger partial charge in [-0.25, -0.2) is 4.98 Å². The molecule has 0 aromatic carbocycles. The molecule has 1 aromatic heterocycles. The number of hydrogen-bond acceptors (Lipinski definition) is 5. The van der Waals surface area contributed by atoms with Crippen LogP contribution in [0.3, 0.4) is 0 Å². The molecule has 1 heterocycles. The maximum Gasteiger partial charge on any atom is 0.174 e. The van der Waals surface area contributed by atoms with Gasteiger partial charge in [-0.1, -0.05) is 0 Å². The minimum Gasteiger partial charge on any atom is -0.497 e. The van der Waals surface area contributed by atoms with Gasteiger partial charge in [-0.05, 0) is 33.0 Å². The van der Waals surface area contributed by atoms with Gasteiger partial charge in [0.25, 0.3) is 0 Å². The Morgan fingerprint density at radius 1 is 1.29 bits per heavy atom. The predicted molar refractivity (Wildman–Crippen MR) is 86.8 cm³/mol. The lowest BCUT2D eigenvalue weighted by atomic mass is 10.3. The lowest BCUT2D eigenvalue weighted by molar-refractivity contribution is -0.130. The van der Waals surface area contributed by atoms with E-state index in [-0.39, 0.29) is 6.29 Å². The molecule has 0 unspecified atom stereocenters. The van der Waals surface area contributed by atoms with Crippen LogP contribution in [0, 0.1) is 6.92 Å². The Balaban J connectivity index is 2.51. The first kappa shape index (κ1) is 17.6. The van der Waals surface area contributed by atoms with Gasteiger partial charge in [0, 0.05) is 31.0 Å². The number of aryl methyl sites for hydroxylation is 1. The maximum absolute atomic E-state index is 5.43. The number of ether oxygens (including phenoxy) is 3. The number of rotatable bonds is 8. The molecule has 1 aromatic rings. The standard InChI is InChI=1S/C14H23N3O3S/c1-5-19-13(20-6-2)9-15-14(21)17-12-8-11(18-4)7-10(3)16-12/h7-8,13H,5-6,9H2,1-4H3,(H2,15,16,17,21). The molecule has 21 heavy (non-hydrogen) atoms. The van der Waals surface area contributed by atoms with Crippen LogP contribution in [0.2, 0.25) is 0 Å². The SMILES string of the molecule is CCOC(CNC(=S)Nc1cc(OC)cc(C)n1)OCC. The third kappa shape index (κ3) is 6.70. The highest BCUT2D eigenvalue weighted by Crippen LogP contribution is 2.16. The summed E-state index contributed by atoms with van der Waals surface area (Å²) in [4.78, 5) is 4.34. The summed E-state index contributed by atoms with van der Waals surface area (Å²) < 4.78 is 16.1. The van der Waals surface area contributed by atoms with E-state index in [0.29, 0.717) is 30.7 Å². The second kappa shape index (κ2) is 9.49. The van der Waals surface area contributed by atoms with Gasteiger partial charge in [0.05, 0.1) is 13.7 Å². The number of pyridine rings is 1. The molecule has 0 spiro atoms. The van der Waals surface area contributed by atoms with E-state index in [1.54, 1.807) is 13.2 Å². The van der Waals surface area contributed by atoms with E-state index in [9.17, 15) is 0 Å². The Kier molecular flexibility index (Phi) is 7.96. The van der Waals surface area contributed by atoms with Crippen molar-refractivity contribution in [2.45, 2.75) is 27.1 Å². The number of hydrogen-bond donors (Lipinski definition) is 2. The molecule has 0 atom stereocenters. The molecular formula is C14H23N3O3S. The summed E-state index contributed by atoms with van der Waals surface area (Å²) in [5, 5.41) is 6.52. The summed E-state index contributed by atoms with van der Waals surface area (Å²) >= 11 is 5.23. The molecule has 2 N–H and O–H groups in total. The van der Waals surface area contributed by atoms with Gasteiger partial charge in [-0.2, -0.15) is 0 Å². The van der Waals surface area contributed by atoms with Crippen molar-refractivity contribution >= 4 is 23.1 Å². The van der Waals surface area contributed by atoms with Crippen LogP contribution >= 0.6 is 12.2 Å². The second-order valence-corrected chi connectivity index (χ2v) is 4.62. The molecule has 0 aliphatic rings. The molecule has 0 fully saturated rings. The lowest BCUT2D eigenvalue weighted by Gasteiger charge is -2.18. The number of anilines is 1. The van der Waals surface area contributed by atoms with E-state index in [1.807, 2.05) is 26.8 Å². The summed E-state index contributed by atoms with van der Waals surface area (Å²) in [6.45, 7) is 7.38. The summed E-state index contributed by atoms with van der Waals surface area (Å²) in [6.07, 6.45) is -0.320. The van der Waals surface area contributed by atoms with Crippen molar-refractivity contribution in [3.05, 3.63) is 17.8 Å². The molecule has 0 aliphatic carbocycles. The van der Waals surface area contributed by atoms with E-state index in [1.165, 1.54) is 0 Å². The highest BCUT2D eigenvalue weighted by molar-refractivity contribution is 7.80. The Labute approximate surface area is 131 Å². The fourth-order valence-corrected chi connectivity index (χ4v) is 1.88. The summed E-state index contributed by atoms with van der Waals surface area (Å²) in [5.74, 6) is 1.36. The predicted octanol–water partition coefficient (Wildman–Crippen LogP) is 2.08. The molecule has 0 aliphatic heterocycles. The molecule has 0 saturated carbocycles. The molecule has 0 saturated heterocycles. The average Bonchev–Trinajstić information content (AvgIpc) is 2.44. The summed E-state index contributed by atoms with van der Waals surface area (Å²) in [7, 11) is 1.61. The minimum absolute atomic E-state index is 0.320. The molecule has 1 rings (SSSR count). The highest BCUT2D eigenvalue weighted by atomic mass is 32.1. The van der Waals surface area contributed by atoms with Crippen molar-refractivity contribution in [2.24, 2.45) is 0 Å². The van der Waals surface area contributed by atoms with Crippen LogP contribution in [0.1, 0.15) is 19.5 Å². The molecule has 0 bridgehead atoms. The van der Waals surface area contributed by atoms with Crippen LogP contribution in [0.15, 0.2) is 12.1 Å². The van der Waals surface area contributed by atoms with Gasteiger partial charge in [0.2, 0.25) is 0 Å². The molecule has 0 amide bonds. The number of aromatic nitrogens is 1. The van der Waals surface area contributed by atoms with Crippen molar-refractivity contribution in [1.29, 1.82) is 0 Å². The van der Waals surface area contributed by atoms with Crippen LogP contribution in [0.5, 0.6) is 5.75 Å². The third-order valence-corrected chi connectivity index (χ3v) is 2.79. The van der Waals surface area contributed by atoms with Crippen molar-refractivity contribution < 1.29 is 14.2 Å². The smallest absolute Gasteiger partial charge is 0.174 e. The monoisotopic (exact) mass is 313 g/mol. The van der Waals surface area contributed by atoms with Crippen molar-refractivity contribution in [3.63, 3.8) is 0 Å². The Morgan fingerprint density at radius 3 is 2.52 bits per heavy atom. The van der Waals surface area contributed by atoms with Crippen LogP contribution in [0.25, 0.3) is 0 Å². The fourth-order valence-electron chi connectivity index (χ4n) is 1.69. The van der Waals surface area contributed by atoms with Crippen molar-refractivity contribution in [2.75, 3.05) is 32.2 Å². The van der Waals surface area contributed by atoms with Crippen molar-refractivity contribution in [3.8, 4) is 5.75 Å². The highest BCUT2D eigenvalue weighted by Gasteiger charge is 2.09. The number of nitrogens with zero attached hydrogens (tertiary/aromatic N) is 1. The quantitative estimate of drug-likeness (QED) is 0.563. The number of nitrogens with one attached hydrogen (secondary N) is 2. The maximum atomic E-state index is 5.43. The van der Waals surface area contributed by atoms with Gasteiger partial charge in [0.15, 0.2) is 11.4 Å². The van der Waals surface area contributed by atoms with Gasteiger partial charge in [-0.15, -0.1) is 0 Å². The minimum atomic E-state index is -0.320. The zero-order valence-corrected chi connectivity index (χ0v) is 13.8. The summed E-state index contributed by atoms with van der Waals surface area (Å²) in [6, 6.07) is 3.63. The van der Waals surface area contributed by atoms with Gasteiger partial charge >= 0.3 is 0 Å². The van der Waals surface area contributed by atoms with E-state index in [2.05, 4.69) is 15.6 Å². The third-order valence-electron chi connectivity index (χ3n) is 2.54. The normalized spacial score (nSPS) is 10.5. The van der Waals surface area contributed by atoms with Gasteiger partial charge in [0.1, 0.15) is 11.6 Å². The first-order valence-electron chi connectivity index (χ1n) is 6.89. The largest absolute Gasteiger partial charge is 0.497 e. The van der Waals surface area contributed by atoms with Crippen LogP contribution in [0.4, 0.5) is 5.82 Å². The fraction of sp³-hybridized carbons (Fsp3) is 0.571. The Bertz CT molecular complexity index is 451. The number of methoxy groups -OCH3 is 1. The van der Waals surface area contributed by atoms with Crippen LogP contribution in [-0.2, 0) is 9.47 Å². The summed E-state index contributed by atoms with van der Waals surface area (Å²) in [5.41, 5.74) is 0.848. The van der Waals surface area contributed by atoms with Gasteiger partial charge < -0.3 is 24.8 Å². The molecule has 118 valence electrons. The Hall–Kier alpha value is -1.44. The first-order valence-corrected chi connectivity index (χ1v) is 7.30. The Morgan fingerprint density at radius 2 is 1.95 bits per heavy atom. The topological polar surface area (TPSA) is 64.6 Å². The average molecular weight is 313 g/mol. The number of thiocarbonyl (C=S) groups is 1. The first-order chi connectivity index (χ1) is 10.1. The van der Waals surface area contributed by atoms with E-state index in [4.69, 9.17) is 26.4 Å². The lowest BCUT2D eigenvalue weighted by Crippen LogP contribution is -2.37. The zero-order valence-electron chi connectivity index (χ0n) is 12.9. The molecule has 0 radical (unpaired) electrons. The van der Waals surface area contributed by atoms with E-state index >= 15 is 0 Å². The zero-order chi connectivity index (χ0) is 15.7. The van der Waals surface area contributed by atoms with Crippen molar-refractivity contribution in [1.82, 2.24) is 10.3 Å². The van der Waals surface area contributed by atoms with Crippen LogP contribution < -0.4 is 15.4 Å².